The van der Waals surface area contributed by atoms with Crippen LogP contribution in [0.25, 0.3) is 0 Å². The molecule has 2 fully saturated rings. The number of halogens is 1. The Morgan fingerprint density at radius 2 is 1.91 bits per heavy atom. The zero-order valence-corrected chi connectivity index (χ0v) is 17.4. The van der Waals surface area contributed by atoms with E-state index in [9.17, 15) is 14.0 Å². The molecule has 1 atom stereocenters. The van der Waals surface area contributed by atoms with Crippen LogP contribution in [0, 0.1) is 5.82 Å². The summed E-state index contributed by atoms with van der Waals surface area (Å²) in [4.78, 5) is 33.3. The quantitative estimate of drug-likeness (QED) is 0.625. The van der Waals surface area contributed by atoms with Gasteiger partial charge in [0, 0.05) is 42.5 Å². The van der Waals surface area contributed by atoms with Crippen LogP contribution < -0.4 is 4.90 Å². The van der Waals surface area contributed by atoms with Gasteiger partial charge >= 0.3 is 6.09 Å². The number of hydrogen-bond donors (Lipinski definition) is 0. The second kappa shape index (κ2) is 8.07. The van der Waals surface area contributed by atoms with Crippen molar-refractivity contribution in [1.29, 1.82) is 0 Å². The maximum atomic E-state index is 13.5. The number of rotatable bonds is 4. The van der Waals surface area contributed by atoms with Crippen molar-refractivity contribution in [3.05, 3.63) is 95.6 Å². The molecule has 0 unspecified atom stereocenters. The van der Waals surface area contributed by atoms with Crippen molar-refractivity contribution in [2.45, 2.75) is 18.4 Å². The van der Waals surface area contributed by atoms with Gasteiger partial charge in [-0.25, -0.2) is 9.18 Å². The van der Waals surface area contributed by atoms with E-state index in [-0.39, 0.29) is 17.8 Å². The summed E-state index contributed by atoms with van der Waals surface area (Å²) < 4.78 is 19.2. The Morgan fingerprint density at radius 1 is 1.06 bits per heavy atom. The number of ether oxygens (including phenoxy) is 1. The van der Waals surface area contributed by atoms with Crippen molar-refractivity contribution in [3.63, 3.8) is 0 Å². The van der Waals surface area contributed by atoms with Crippen LogP contribution in [0.5, 0.6) is 0 Å². The minimum atomic E-state index is -0.694. The zero-order chi connectivity index (χ0) is 22.1. The molecule has 162 valence electrons. The Morgan fingerprint density at radius 3 is 2.72 bits per heavy atom. The highest BCUT2D eigenvalue weighted by Crippen LogP contribution is 2.35. The van der Waals surface area contributed by atoms with E-state index in [1.165, 1.54) is 12.1 Å². The third-order valence-electron chi connectivity index (χ3n) is 5.98. The number of carbonyl (C=O) groups excluding carboxylic acids is 2. The number of nitrogens with zero attached hydrogens (tertiary/aromatic N) is 3. The second-order valence-corrected chi connectivity index (χ2v) is 8.29. The van der Waals surface area contributed by atoms with Gasteiger partial charge in [0.1, 0.15) is 5.82 Å². The largest absolute Gasteiger partial charge is 0.439 e. The number of pyridine rings is 1. The summed E-state index contributed by atoms with van der Waals surface area (Å²) in [7, 11) is 0. The fourth-order valence-electron chi connectivity index (χ4n) is 4.41. The van der Waals surface area contributed by atoms with Crippen LogP contribution >= 0.6 is 0 Å². The summed E-state index contributed by atoms with van der Waals surface area (Å²) in [6.07, 6.45) is 2.24. The molecule has 2 aromatic carbocycles. The van der Waals surface area contributed by atoms with Crippen molar-refractivity contribution >= 4 is 17.7 Å². The number of carbonyl (C=O) groups is 2. The molecular formula is C25H22FN3O3. The van der Waals surface area contributed by atoms with E-state index in [0.717, 1.165) is 11.3 Å². The van der Waals surface area contributed by atoms with Crippen LogP contribution in [0.15, 0.2) is 72.9 Å². The van der Waals surface area contributed by atoms with Crippen LogP contribution in [0.2, 0.25) is 0 Å². The van der Waals surface area contributed by atoms with E-state index in [1.807, 2.05) is 36.4 Å². The Labute approximate surface area is 185 Å². The number of para-hydroxylation sites is 1. The first kappa shape index (κ1) is 20.2. The van der Waals surface area contributed by atoms with Crippen LogP contribution in [-0.4, -0.2) is 47.1 Å². The number of aromatic nitrogens is 1. The van der Waals surface area contributed by atoms with Gasteiger partial charge in [-0.3, -0.25) is 14.7 Å². The highest BCUT2D eigenvalue weighted by molar-refractivity contribution is 5.95. The van der Waals surface area contributed by atoms with Gasteiger partial charge in [-0.05, 0) is 42.0 Å². The first-order valence-electron chi connectivity index (χ1n) is 10.6. The molecule has 2 aliphatic heterocycles. The van der Waals surface area contributed by atoms with E-state index in [4.69, 9.17) is 4.74 Å². The second-order valence-electron chi connectivity index (χ2n) is 8.29. The lowest BCUT2D eigenvalue weighted by atomic mass is 10.0. The number of amides is 2. The monoisotopic (exact) mass is 431 g/mol. The first-order valence-corrected chi connectivity index (χ1v) is 10.6. The first-order chi connectivity index (χ1) is 15.5. The van der Waals surface area contributed by atoms with Crippen LogP contribution in [0.4, 0.5) is 14.9 Å². The van der Waals surface area contributed by atoms with Crippen LogP contribution in [-0.2, 0) is 11.2 Å². The third kappa shape index (κ3) is 3.93. The predicted molar refractivity (Wildman–Crippen MR) is 117 cm³/mol. The van der Waals surface area contributed by atoms with E-state index >= 15 is 0 Å². The normalized spacial score (nSPS) is 20.1. The van der Waals surface area contributed by atoms with Crippen molar-refractivity contribution < 1.29 is 18.7 Å². The van der Waals surface area contributed by atoms with E-state index < -0.39 is 5.60 Å². The SMILES string of the molecule is O=C(c1ccnc(Cc2cccc(F)c2)c1)N1CC[C@@]2(C1)CN(c1ccccc1)C(=O)O2. The molecule has 0 radical (unpaired) electrons. The molecule has 1 spiro atoms. The molecule has 0 bridgehead atoms. The van der Waals surface area contributed by atoms with Gasteiger partial charge in [0.2, 0.25) is 0 Å². The summed E-state index contributed by atoms with van der Waals surface area (Å²) in [6, 6.07) is 19.2. The third-order valence-corrected chi connectivity index (χ3v) is 5.98. The number of benzene rings is 2. The number of hydrogen-bond acceptors (Lipinski definition) is 4. The maximum absolute atomic E-state index is 13.5. The summed E-state index contributed by atoms with van der Waals surface area (Å²) in [5.41, 5.74) is 2.10. The summed E-state index contributed by atoms with van der Waals surface area (Å²) >= 11 is 0. The van der Waals surface area contributed by atoms with Crippen molar-refractivity contribution in [3.8, 4) is 0 Å². The number of anilines is 1. The standard InChI is InChI=1S/C25H22FN3O3/c26-20-6-4-5-18(13-20)14-21-15-19(9-11-27-21)23(30)28-12-10-25(16-28)17-29(24(31)32-25)22-7-2-1-3-8-22/h1-9,11,13,15H,10,12,14,16-17H2/t25-/m1/s1. The molecular weight excluding hydrogens is 409 g/mol. The fourth-order valence-corrected chi connectivity index (χ4v) is 4.41. The Balaban J connectivity index is 1.29. The van der Waals surface area contributed by atoms with Gasteiger partial charge in [0.05, 0.1) is 13.1 Å². The van der Waals surface area contributed by atoms with E-state index in [1.54, 1.807) is 34.2 Å². The lowest BCUT2D eigenvalue weighted by Crippen LogP contribution is -2.39. The van der Waals surface area contributed by atoms with Crippen LogP contribution in [0.1, 0.15) is 28.0 Å². The van der Waals surface area contributed by atoms with E-state index in [2.05, 4.69) is 4.98 Å². The zero-order valence-electron chi connectivity index (χ0n) is 17.4. The molecule has 0 aliphatic carbocycles. The molecule has 0 N–H and O–H groups in total. The van der Waals surface area contributed by atoms with Gasteiger partial charge in [0.15, 0.2) is 5.60 Å². The maximum Gasteiger partial charge on any atom is 0.415 e. The molecule has 3 aromatic rings. The van der Waals surface area contributed by atoms with Crippen molar-refractivity contribution in [2.75, 3.05) is 24.5 Å². The molecule has 5 rings (SSSR count). The van der Waals surface area contributed by atoms with Gasteiger partial charge < -0.3 is 9.64 Å². The summed E-state index contributed by atoms with van der Waals surface area (Å²) in [5.74, 6) is -0.424. The Kier molecular flexibility index (Phi) is 5.09. The van der Waals surface area contributed by atoms with E-state index in [0.29, 0.717) is 43.7 Å². The average molecular weight is 431 g/mol. The molecule has 7 heteroatoms. The average Bonchev–Trinajstić information content (AvgIpc) is 3.36. The molecule has 2 amide bonds. The summed E-state index contributed by atoms with van der Waals surface area (Å²) in [6.45, 7) is 1.28. The van der Waals surface area contributed by atoms with Gasteiger partial charge in [-0.2, -0.15) is 0 Å². The van der Waals surface area contributed by atoms with Gasteiger partial charge in [-0.15, -0.1) is 0 Å². The topological polar surface area (TPSA) is 62.7 Å². The smallest absolute Gasteiger partial charge is 0.415 e. The molecule has 1 aromatic heterocycles. The lowest BCUT2D eigenvalue weighted by molar-refractivity contribution is 0.0553. The molecule has 0 saturated carbocycles. The molecule has 6 nitrogen and oxygen atoms in total. The summed E-state index contributed by atoms with van der Waals surface area (Å²) in [5, 5.41) is 0. The highest BCUT2D eigenvalue weighted by atomic mass is 19.1. The van der Waals surface area contributed by atoms with Crippen molar-refractivity contribution in [2.24, 2.45) is 0 Å². The predicted octanol–water partition coefficient (Wildman–Crippen LogP) is 4.05. The van der Waals surface area contributed by atoms with Gasteiger partial charge in [0.25, 0.3) is 5.91 Å². The molecule has 3 heterocycles. The minimum Gasteiger partial charge on any atom is -0.439 e. The minimum absolute atomic E-state index is 0.126. The Hall–Kier alpha value is -3.74. The fraction of sp³-hybridized carbons (Fsp3) is 0.240. The Bertz CT molecular complexity index is 1170. The van der Waals surface area contributed by atoms with Crippen LogP contribution in [0.3, 0.4) is 0 Å². The molecule has 2 saturated heterocycles. The molecule has 2 aliphatic rings. The lowest BCUT2D eigenvalue weighted by Gasteiger charge is -2.22. The van der Waals surface area contributed by atoms with Gasteiger partial charge in [-0.1, -0.05) is 30.3 Å². The van der Waals surface area contributed by atoms with Crippen molar-refractivity contribution in [1.82, 2.24) is 9.88 Å². The highest BCUT2D eigenvalue weighted by Gasteiger charge is 2.51. The molecule has 32 heavy (non-hydrogen) atoms. The number of likely N-dealkylation sites (tertiary alicyclic amines) is 1.